The maximum Gasteiger partial charge on any atom is 0.229 e. The highest BCUT2D eigenvalue weighted by Crippen LogP contribution is 2.04. The normalized spacial score (nSPS) is 9.50. The molecule has 78 valence electrons. The summed E-state index contributed by atoms with van der Waals surface area (Å²) in [5.41, 5.74) is 1.01. The van der Waals surface area contributed by atoms with E-state index in [-0.39, 0.29) is 11.0 Å². The van der Waals surface area contributed by atoms with Gasteiger partial charge in [-0.05, 0) is 12.1 Å². The zero-order valence-corrected chi connectivity index (χ0v) is 8.43. The van der Waals surface area contributed by atoms with Crippen LogP contribution >= 0.6 is 0 Å². The van der Waals surface area contributed by atoms with E-state index in [1.165, 1.54) is 0 Å². The van der Waals surface area contributed by atoms with Gasteiger partial charge >= 0.3 is 0 Å². The molecule has 7 heteroatoms. The second-order valence-electron chi connectivity index (χ2n) is 2.50. The van der Waals surface area contributed by atoms with Gasteiger partial charge in [0.05, 0.1) is 6.26 Å². The molecule has 1 aromatic rings. The lowest BCUT2D eigenvalue weighted by Crippen LogP contribution is -2.11. The quantitative estimate of drug-likeness (QED) is 0.589. The molecule has 0 aliphatic heterocycles. The Kier molecular flexibility index (Phi) is 6.21. The highest BCUT2D eigenvalue weighted by atomic mass is 32.2. The van der Waals surface area contributed by atoms with Gasteiger partial charge in [-0.2, -0.15) is 0 Å². The molecule has 0 saturated heterocycles. The van der Waals surface area contributed by atoms with Crippen molar-refractivity contribution in [3.8, 4) is 0 Å². The number of hydrogen-bond acceptors (Lipinski definition) is 2. The third-order valence-electron chi connectivity index (χ3n) is 1.19. The fraction of sp³-hybridized carbons (Fsp3) is 0.143. The van der Waals surface area contributed by atoms with Crippen molar-refractivity contribution in [2.75, 3.05) is 11.0 Å². The van der Waals surface area contributed by atoms with E-state index >= 15 is 0 Å². The van der Waals surface area contributed by atoms with Crippen LogP contribution in [-0.4, -0.2) is 33.5 Å². The second kappa shape index (κ2) is 5.64. The van der Waals surface area contributed by atoms with Crippen LogP contribution in [0, 0.1) is 0 Å². The monoisotopic (exact) mass is 217 g/mol. The molecule has 0 atom stereocenters. The van der Waals surface area contributed by atoms with Crippen LogP contribution in [0.2, 0.25) is 0 Å². The lowest BCUT2D eigenvalue weighted by Gasteiger charge is -2.03. The van der Waals surface area contributed by atoms with Gasteiger partial charge in [0, 0.05) is 5.69 Å². The topological polar surface area (TPSA) is 109 Å². The van der Waals surface area contributed by atoms with Gasteiger partial charge in [0.25, 0.3) is 0 Å². The van der Waals surface area contributed by atoms with E-state index in [1.54, 1.807) is 24.3 Å². The van der Waals surface area contributed by atoms with Crippen molar-refractivity contribution in [1.29, 1.82) is 0 Å². The molecule has 0 aliphatic carbocycles. The van der Waals surface area contributed by atoms with E-state index in [2.05, 4.69) is 4.72 Å². The average Bonchev–Trinajstić information content (AvgIpc) is 1.82. The summed E-state index contributed by atoms with van der Waals surface area (Å²) < 4.78 is 23.8. The van der Waals surface area contributed by atoms with Gasteiger partial charge in [-0.3, -0.25) is 4.72 Å². The zero-order chi connectivity index (χ0) is 9.19. The molecule has 0 aromatic heterocycles. The Morgan fingerprint density at radius 3 is 2.29 bits per heavy atom. The molecule has 0 heterocycles. The summed E-state index contributed by atoms with van der Waals surface area (Å²) in [4.78, 5) is 0. The van der Waals surface area contributed by atoms with Crippen molar-refractivity contribution < 1.29 is 19.4 Å². The van der Waals surface area contributed by atoms with Crippen LogP contribution in [0.5, 0.6) is 0 Å². The van der Waals surface area contributed by atoms with Crippen molar-refractivity contribution in [1.82, 2.24) is 0 Å². The fourth-order valence-electron chi connectivity index (χ4n) is 0.816. The Bertz CT molecular complexity index is 379. The molecule has 1 rings (SSSR count). The van der Waals surface area contributed by atoms with Crippen molar-refractivity contribution in [3.63, 3.8) is 0 Å². The molecule has 1 aromatic carbocycles. The molecule has 0 amide bonds. The molecule has 5 nitrogen and oxygen atoms in total. The van der Waals surface area contributed by atoms with Crippen molar-refractivity contribution in [2.45, 2.75) is 0 Å². The Balaban J connectivity index is 0. The number of rotatable bonds is 2. The smallest absolute Gasteiger partial charge is 0.229 e. The highest BCUT2D eigenvalue weighted by molar-refractivity contribution is 7.92. The first-order valence-electron chi connectivity index (χ1n) is 3.31. The Hall–Kier alpha value is -1.05. The van der Waals surface area contributed by atoms with Gasteiger partial charge in [0.1, 0.15) is 7.85 Å². The van der Waals surface area contributed by atoms with Gasteiger partial charge in [0.2, 0.25) is 10.0 Å². The van der Waals surface area contributed by atoms with Crippen LogP contribution in [0.4, 0.5) is 5.69 Å². The SMILES string of the molecule is O.O.[B]c1cccc(NS(C)(=O)=O)c1. The molecule has 14 heavy (non-hydrogen) atoms. The first kappa shape index (κ1) is 15.4. The van der Waals surface area contributed by atoms with Crippen molar-refractivity contribution >= 4 is 29.0 Å². The Morgan fingerprint density at radius 2 is 1.86 bits per heavy atom. The number of benzene rings is 1. The van der Waals surface area contributed by atoms with Crippen LogP contribution in [0.3, 0.4) is 0 Å². The predicted octanol–water partition coefficient (Wildman–Crippen LogP) is -1.80. The Morgan fingerprint density at radius 1 is 1.29 bits per heavy atom. The van der Waals surface area contributed by atoms with Crippen LogP contribution in [0.1, 0.15) is 0 Å². The third kappa shape index (κ3) is 5.57. The molecular formula is C7H12BNO4S. The molecule has 0 fully saturated rings. The lowest BCUT2D eigenvalue weighted by molar-refractivity contribution is 0.607. The molecular weight excluding hydrogens is 205 g/mol. The molecule has 0 saturated carbocycles. The fourth-order valence-corrected chi connectivity index (χ4v) is 1.37. The largest absolute Gasteiger partial charge is 0.412 e. The standard InChI is InChI=1S/C7H8BNO2S.2H2O/c1-12(10,11)9-7-4-2-3-6(8)5-7;;/h2-5,9H,1H3;2*1H2. The minimum Gasteiger partial charge on any atom is -0.412 e. The van der Waals surface area contributed by atoms with Gasteiger partial charge in [-0.1, -0.05) is 17.6 Å². The summed E-state index contributed by atoms with van der Waals surface area (Å²) in [6.07, 6.45) is 1.09. The summed E-state index contributed by atoms with van der Waals surface area (Å²) in [6.45, 7) is 0. The van der Waals surface area contributed by atoms with E-state index in [4.69, 9.17) is 7.85 Å². The second-order valence-corrected chi connectivity index (χ2v) is 4.25. The van der Waals surface area contributed by atoms with Gasteiger partial charge in [-0.25, -0.2) is 8.42 Å². The summed E-state index contributed by atoms with van der Waals surface area (Å²) >= 11 is 0. The Labute approximate surface area is 84.2 Å². The molecule has 0 aliphatic rings. The number of anilines is 1. The van der Waals surface area contributed by atoms with Gasteiger partial charge < -0.3 is 11.0 Å². The number of hydrogen-bond donors (Lipinski definition) is 1. The van der Waals surface area contributed by atoms with Crippen LogP contribution in [0.25, 0.3) is 0 Å². The minimum atomic E-state index is -3.20. The van der Waals surface area contributed by atoms with E-state index in [0.717, 1.165) is 6.26 Å². The van der Waals surface area contributed by atoms with E-state index in [1.807, 2.05) is 0 Å². The summed E-state index contributed by atoms with van der Waals surface area (Å²) in [7, 11) is 2.24. The molecule has 2 radical (unpaired) electrons. The maximum absolute atomic E-state index is 10.8. The first-order valence-corrected chi connectivity index (χ1v) is 5.20. The van der Waals surface area contributed by atoms with Gasteiger partial charge in [-0.15, -0.1) is 0 Å². The number of sulfonamides is 1. The molecule has 0 bridgehead atoms. The summed E-state index contributed by atoms with van der Waals surface area (Å²) in [5.74, 6) is 0. The zero-order valence-electron chi connectivity index (χ0n) is 7.61. The number of nitrogens with one attached hydrogen (secondary N) is 1. The molecule has 0 unspecified atom stereocenters. The maximum atomic E-state index is 10.8. The third-order valence-corrected chi connectivity index (χ3v) is 1.80. The van der Waals surface area contributed by atoms with Crippen molar-refractivity contribution in [3.05, 3.63) is 24.3 Å². The summed E-state index contributed by atoms with van der Waals surface area (Å²) in [5, 5.41) is 0. The van der Waals surface area contributed by atoms with Crippen LogP contribution in [0.15, 0.2) is 24.3 Å². The minimum absolute atomic E-state index is 0. The van der Waals surface area contributed by atoms with Crippen LogP contribution < -0.4 is 10.2 Å². The molecule has 0 spiro atoms. The van der Waals surface area contributed by atoms with E-state index in [9.17, 15) is 8.42 Å². The lowest BCUT2D eigenvalue weighted by atomic mass is 9.96. The van der Waals surface area contributed by atoms with E-state index < -0.39 is 10.0 Å². The highest BCUT2D eigenvalue weighted by Gasteiger charge is 1.99. The van der Waals surface area contributed by atoms with Gasteiger partial charge in [0.15, 0.2) is 0 Å². The van der Waals surface area contributed by atoms with Crippen molar-refractivity contribution in [2.24, 2.45) is 0 Å². The molecule has 5 N–H and O–H groups in total. The van der Waals surface area contributed by atoms with Crippen LogP contribution in [-0.2, 0) is 10.0 Å². The average molecular weight is 217 g/mol. The summed E-state index contributed by atoms with van der Waals surface area (Å²) in [6, 6.07) is 6.56. The predicted molar refractivity (Wildman–Crippen MR) is 57.5 cm³/mol. The van der Waals surface area contributed by atoms with E-state index in [0.29, 0.717) is 11.2 Å². The first-order chi connectivity index (χ1) is 5.47.